The molecule has 0 bridgehead atoms. The molecule has 1 N–H and O–H groups in total. The fourth-order valence-corrected chi connectivity index (χ4v) is 2.71. The molecule has 1 heterocycles. The van der Waals surface area contributed by atoms with E-state index in [2.05, 4.69) is 5.32 Å². The fraction of sp³-hybridized carbons (Fsp3) is 0.556. The van der Waals surface area contributed by atoms with Crippen molar-refractivity contribution in [1.29, 1.82) is 0 Å². The summed E-state index contributed by atoms with van der Waals surface area (Å²) in [4.78, 5) is 25.7. The minimum atomic E-state index is -0.231. The number of nitrogens with one attached hydrogen (secondary N) is 1. The van der Waals surface area contributed by atoms with Gasteiger partial charge >= 0.3 is 12.0 Å². The average Bonchev–Trinajstić information content (AvgIpc) is 2.58. The summed E-state index contributed by atoms with van der Waals surface area (Å²) in [7, 11) is 0. The number of amides is 2. The number of ether oxygens (including phenoxy) is 2. The number of hydrogen-bond donors (Lipinski definition) is 1. The van der Waals surface area contributed by atoms with Gasteiger partial charge in [0, 0.05) is 13.1 Å². The molecule has 0 aliphatic carbocycles. The smallest absolute Gasteiger partial charge is 0.320 e. The normalized spacial score (nSPS) is 17.3. The van der Waals surface area contributed by atoms with Gasteiger partial charge < -0.3 is 19.7 Å². The molecule has 1 aromatic carbocycles. The van der Waals surface area contributed by atoms with Gasteiger partial charge in [0.1, 0.15) is 5.75 Å². The molecule has 1 aromatic rings. The maximum Gasteiger partial charge on any atom is 0.320 e. The van der Waals surface area contributed by atoms with Crippen LogP contribution in [0.15, 0.2) is 18.2 Å². The molecule has 0 radical (unpaired) electrons. The molecule has 24 heavy (non-hydrogen) atoms. The molecular formula is C18H26N2O4. The second-order valence-corrected chi connectivity index (χ2v) is 6.05. The van der Waals surface area contributed by atoms with Crippen LogP contribution >= 0.6 is 0 Å². The minimum absolute atomic E-state index is 0.0991. The Morgan fingerprint density at radius 2 is 2.08 bits per heavy atom. The zero-order valence-corrected chi connectivity index (χ0v) is 14.6. The zero-order valence-electron chi connectivity index (χ0n) is 14.6. The van der Waals surface area contributed by atoms with Crippen LogP contribution < -0.4 is 10.1 Å². The molecule has 0 spiro atoms. The lowest BCUT2D eigenvalue weighted by molar-refractivity contribution is -0.149. The summed E-state index contributed by atoms with van der Waals surface area (Å²) < 4.78 is 10.6. The van der Waals surface area contributed by atoms with E-state index in [-0.39, 0.29) is 24.6 Å². The Morgan fingerprint density at radius 3 is 2.79 bits per heavy atom. The SMILES string of the molecule is CCOC(=O)C1CCCN(C(=O)NCOc2ccc(C)c(C)c2)C1. The van der Waals surface area contributed by atoms with Gasteiger partial charge in [0.15, 0.2) is 6.73 Å². The van der Waals surface area contributed by atoms with Crippen molar-refractivity contribution in [3.8, 4) is 5.75 Å². The Balaban J connectivity index is 1.79. The second kappa shape index (κ2) is 8.57. The van der Waals surface area contributed by atoms with Crippen LogP contribution in [0.2, 0.25) is 0 Å². The third kappa shape index (κ3) is 4.88. The lowest BCUT2D eigenvalue weighted by atomic mass is 9.98. The molecule has 6 nitrogen and oxygen atoms in total. The van der Waals surface area contributed by atoms with Crippen molar-refractivity contribution >= 4 is 12.0 Å². The van der Waals surface area contributed by atoms with Crippen molar-refractivity contribution < 1.29 is 19.1 Å². The first-order valence-electron chi connectivity index (χ1n) is 8.40. The Hall–Kier alpha value is -2.24. The number of esters is 1. The van der Waals surface area contributed by atoms with Crippen LogP contribution in [0, 0.1) is 19.8 Å². The highest BCUT2D eigenvalue weighted by Gasteiger charge is 2.29. The highest BCUT2D eigenvalue weighted by molar-refractivity contribution is 5.77. The van der Waals surface area contributed by atoms with E-state index in [0.29, 0.717) is 19.7 Å². The number of urea groups is 1. The van der Waals surface area contributed by atoms with Gasteiger partial charge in [-0.15, -0.1) is 0 Å². The maximum absolute atomic E-state index is 12.2. The first-order chi connectivity index (χ1) is 11.5. The topological polar surface area (TPSA) is 67.9 Å². The Labute approximate surface area is 143 Å². The first-order valence-corrected chi connectivity index (χ1v) is 8.40. The summed E-state index contributed by atoms with van der Waals surface area (Å²) in [6.07, 6.45) is 1.57. The summed E-state index contributed by atoms with van der Waals surface area (Å²) in [5.41, 5.74) is 2.34. The van der Waals surface area contributed by atoms with E-state index >= 15 is 0 Å². The lowest BCUT2D eigenvalue weighted by Crippen LogP contribution is -2.48. The van der Waals surface area contributed by atoms with Crippen molar-refractivity contribution in [2.75, 3.05) is 26.4 Å². The highest BCUT2D eigenvalue weighted by atomic mass is 16.5. The van der Waals surface area contributed by atoms with Crippen LogP contribution in [0.4, 0.5) is 4.79 Å². The molecule has 1 aliphatic heterocycles. The Kier molecular flexibility index (Phi) is 6.46. The molecule has 1 fully saturated rings. The fourth-order valence-electron chi connectivity index (χ4n) is 2.71. The number of benzene rings is 1. The maximum atomic E-state index is 12.2. The Bertz CT molecular complexity index is 588. The zero-order chi connectivity index (χ0) is 17.5. The number of carbonyl (C=O) groups excluding carboxylic acids is 2. The third-order valence-corrected chi connectivity index (χ3v) is 4.27. The van der Waals surface area contributed by atoms with E-state index < -0.39 is 0 Å². The summed E-state index contributed by atoms with van der Waals surface area (Å²) in [5.74, 6) is 0.271. The molecular weight excluding hydrogens is 308 g/mol. The lowest BCUT2D eigenvalue weighted by Gasteiger charge is -2.31. The molecule has 2 amide bonds. The van der Waals surface area contributed by atoms with Gasteiger partial charge in [-0.25, -0.2) is 4.79 Å². The summed E-state index contributed by atoms with van der Waals surface area (Å²) in [5, 5.41) is 2.74. The van der Waals surface area contributed by atoms with Gasteiger partial charge in [-0.3, -0.25) is 4.79 Å². The molecule has 1 unspecified atom stereocenters. The van der Waals surface area contributed by atoms with Crippen molar-refractivity contribution in [3.05, 3.63) is 29.3 Å². The molecule has 1 aliphatic rings. The van der Waals surface area contributed by atoms with E-state index in [1.807, 2.05) is 32.0 Å². The molecule has 2 rings (SSSR count). The average molecular weight is 334 g/mol. The van der Waals surface area contributed by atoms with Gasteiger partial charge in [-0.2, -0.15) is 0 Å². The second-order valence-electron chi connectivity index (χ2n) is 6.05. The summed E-state index contributed by atoms with van der Waals surface area (Å²) in [6.45, 7) is 7.35. The third-order valence-electron chi connectivity index (χ3n) is 4.27. The van der Waals surface area contributed by atoms with Crippen molar-refractivity contribution in [2.24, 2.45) is 5.92 Å². The summed E-state index contributed by atoms with van der Waals surface area (Å²) >= 11 is 0. The van der Waals surface area contributed by atoms with E-state index in [0.717, 1.165) is 24.2 Å². The van der Waals surface area contributed by atoms with Crippen LogP contribution in [0.1, 0.15) is 30.9 Å². The van der Waals surface area contributed by atoms with Crippen LogP contribution in [0.5, 0.6) is 5.75 Å². The summed E-state index contributed by atoms with van der Waals surface area (Å²) in [6, 6.07) is 5.60. The molecule has 0 aromatic heterocycles. The molecule has 0 saturated carbocycles. The van der Waals surface area contributed by atoms with E-state index in [4.69, 9.17) is 9.47 Å². The predicted octanol–water partition coefficient (Wildman–Crippen LogP) is 2.62. The number of rotatable bonds is 5. The number of piperidine rings is 1. The van der Waals surface area contributed by atoms with Crippen LogP contribution in [0.3, 0.4) is 0 Å². The van der Waals surface area contributed by atoms with Crippen molar-refractivity contribution in [3.63, 3.8) is 0 Å². The standard InChI is InChI=1S/C18H26N2O4/c1-4-23-17(21)15-6-5-9-20(11-15)18(22)19-12-24-16-8-7-13(2)14(3)10-16/h7-8,10,15H,4-6,9,11-12H2,1-3H3,(H,19,22). The van der Waals surface area contributed by atoms with Gasteiger partial charge in [0.2, 0.25) is 0 Å². The molecule has 6 heteroatoms. The predicted molar refractivity (Wildman–Crippen MR) is 90.9 cm³/mol. The molecule has 132 valence electrons. The van der Waals surface area contributed by atoms with Crippen molar-refractivity contribution in [2.45, 2.75) is 33.6 Å². The Morgan fingerprint density at radius 1 is 1.29 bits per heavy atom. The quantitative estimate of drug-likeness (QED) is 0.664. The van der Waals surface area contributed by atoms with Crippen molar-refractivity contribution in [1.82, 2.24) is 10.2 Å². The number of aryl methyl sites for hydroxylation is 2. The largest absolute Gasteiger partial charge is 0.473 e. The van der Waals surface area contributed by atoms with Gasteiger partial charge in [0.05, 0.1) is 12.5 Å². The van der Waals surface area contributed by atoms with Crippen LogP contribution in [-0.4, -0.2) is 43.3 Å². The van der Waals surface area contributed by atoms with Gasteiger partial charge in [0.25, 0.3) is 0 Å². The minimum Gasteiger partial charge on any atom is -0.473 e. The van der Waals surface area contributed by atoms with E-state index in [1.54, 1.807) is 11.8 Å². The monoisotopic (exact) mass is 334 g/mol. The number of hydrogen-bond acceptors (Lipinski definition) is 4. The first kappa shape index (κ1) is 18.1. The van der Waals surface area contributed by atoms with Gasteiger partial charge in [-0.1, -0.05) is 6.07 Å². The van der Waals surface area contributed by atoms with Gasteiger partial charge in [-0.05, 0) is 56.9 Å². The molecule has 1 atom stereocenters. The molecule has 1 saturated heterocycles. The van der Waals surface area contributed by atoms with Crippen LogP contribution in [0.25, 0.3) is 0 Å². The number of likely N-dealkylation sites (tertiary alicyclic amines) is 1. The van der Waals surface area contributed by atoms with E-state index in [9.17, 15) is 9.59 Å². The number of nitrogens with zero attached hydrogens (tertiary/aromatic N) is 1. The highest BCUT2D eigenvalue weighted by Crippen LogP contribution is 2.18. The number of carbonyl (C=O) groups is 2. The van der Waals surface area contributed by atoms with E-state index in [1.165, 1.54) is 5.56 Å². The van der Waals surface area contributed by atoms with Crippen LogP contribution in [-0.2, 0) is 9.53 Å².